The molecule has 1 aromatic heterocycles. The molecule has 3 rings (SSSR count). The average molecular weight is 429 g/mol. The number of rotatable bonds is 4. The van der Waals surface area contributed by atoms with Crippen molar-refractivity contribution in [1.29, 1.82) is 0 Å². The van der Waals surface area contributed by atoms with Gasteiger partial charge in [0.2, 0.25) is 0 Å². The number of halogens is 1. The topological polar surface area (TPSA) is 88.5 Å². The Balaban J connectivity index is 0.000000186. The minimum Gasteiger partial charge on any atom is -0.490 e. The third-order valence-corrected chi connectivity index (χ3v) is 5.37. The molecule has 2 N–H and O–H groups in total. The van der Waals surface area contributed by atoms with Crippen molar-refractivity contribution >= 4 is 26.0 Å². The zero-order valence-electron chi connectivity index (χ0n) is 14.1. The lowest BCUT2D eigenvalue weighted by Crippen LogP contribution is -2.46. The van der Waals surface area contributed by atoms with E-state index in [1.807, 2.05) is 19.9 Å². The summed E-state index contributed by atoms with van der Waals surface area (Å²) in [5.74, 6) is 0.830. The van der Waals surface area contributed by atoms with Crippen LogP contribution in [0.4, 0.5) is 0 Å². The highest BCUT2D eigenvalue weighted by atomic mass is 79.9. The fourth-order valence-electron chi connectivity index (χ4n) is 1.97. The molecule has 8 heteroatoms. The molecule has 0 amide bonds. The highest BCUT2D eigenvalue weighted by Gasteiger charge is 2.16. The predicted octanol–water partition coefficient (Wildman–Crippen LogP) is 3.13. The molecule has 1 aliphatic heterocycles. The van der Waals surface area contributed by atoms with Crippen LogP contribution >= 0.6 is 15.9 Å². The van der Waals surface area contributed by atoms with Gasteiger partial charge in [-0.2, -0.15) is 8.42 Å². The number of hydrogen-bond donors (Lipinski definition) is 2. The van der Waals surface area contributed by atoms with Gasteiger partial charge in [-0.05, 0) is 60.9 Å². The molecule has 1 atom stereocenters. The normalized spacial score (nSPS) is 16.4. The summed E-state index contributed by atoms with van der Waals surface area (Å²) in [4.78, 5) is 4.14. The zero-order valence-corrected chi connectivity index (χ0v) is 16.5. The van der Waals surface area contributed by atoms with Crippen LogP contribution in [0, 0.1) is 13.8 Å². The molecule has 1 saturated heterocycles. The number of ether oxygens (including phenoxy) is 1. The van der Waals surface area contributed by atoms with E-state index < -0.39 is 10.1 Å². The standard InChI is InChI=1S/C10H13BrN2O.C7H8O3S/c1-7-10(11)4-9(5-13-7)14-6-8-2-3-12-8;1-6-2-4-7(5-3-6)11(8,9)10/h4-5,8,12H,2-3,6H2,1H3;2-5H,1H3,(H,8,9,10)/t8-;/m1./s1. The van der Waals surface area contributed by atoms with E-state index in [2.05, 4.69) is 26.2 Å². The number of nitrogens with zero attached hydrogens (tertiary/aromatic N) is 1. The smallest absolute Gasteiger partial charge is 0.294 e. The van der Waals surface area contributed by atoms with Gasteiger partial charge in [0.05, 0.1) is 16.8 Å². The largest absolute Gasteiger partial charge is 0.490 e. The fraction of sp³-hybridized carbons (Fsp3) is 0.353. The Morgan fingerprint density at radius 1 is 1.32 bits per heavy atom. The first-order valence-electron chi connectivity index (χ1n) is 7.78. The van der Waals surface area contributed by atoms with E-state index >= 15 is 0 Å². The van der Waals surface area contributed by atoms with Gasteiger partial charge in [-0.25, -0.2) is 0 Å². The van der Waals surface area contributed by atoms with E-state index in [4.69, 9.17) is 9.29 Å². The lowest BCUT2D eigenvalue weighted by Gasteiger charge is -2.27. The van der Waals surface area contributed by atoms with E-state index in [0.717, 1.165) is 34.6 Å². The molecule has 1 aromatic carbocycles. The maximum absolute atomic E-state index is 10.5. The van der Waals surface area contributed by atoms with Crippen molar-refractivity contribution in [2.24, 2.45) is 0 Å². The Hall–Kier alpha value is -1.48. The number of pyridine rings is 1. The summed E-state index contributed by atoms with van der Waals surface area (Å²) >= 11 is 3.43. The van der Waals surface area contributed by atoms with Gasteiger partial charge in [0.25, 0.3) is 10.1 Å². The maximum atomic E-state index is 10.5. The van der Waals surface area contributed by atoms with Gasteiger partial charge >= 0.3 is 0 Å². The second-order valence-electron chi connectivity index (χ2n) is 5.78. The molecule has 1 fully saturated rings. The molecule has 0 saturated carbocycles. The van der Waals surface area contributed by atoms with E-state index in [0.29, 0.717) is 6.04 Å². The van der Waals surface area contributed by atoms with Gasteiger partial charge in [0.15, 0.2) is 0 Å². The first-order chi connectivity index (χ1) is 11.8. The molecule has 2 aromatic rings. The number of nitrogens with one attached hydrogen (secondary N) is 1. The van der Waals surface area contributed by atoms with Gasteiger partial charge in [0.1, 0.15) is 12.4 Å². The molecule has 0 spiro atoms. The number of aryl methyl sites for hydroxylation is 2. The molecule has 0 aliphatic carbocycles. The molecule has 25 heavy (non-hydrogen) atoms. The third kappa shape index (κ3) is 6.39. The summed E-state index contributed by atoms with van der Waals surface area (Å²) < 4.78 is 36.1. The van der Waals surface area contributed by atoms with Crippen LogP contribution in [0.3, 0.4) is 0 Å². The number of aromatic nitrogens is 1. The van der Waals surface area contributed by atoms with Crippen molar-refractivity contribution in [3.63, 3.8) is 0 Å². The Labute approximate surface area is 156 Å². The molecule has 0 bridgehead atoms. The Kier molecular flexibility index (Phi) is 6.95. The van der Waals surface area contributed by atoms with E-state index in [-0.39, 0.29) is 4.90 Å². The monoisotopic (exact) mass is 428 g/mol. The Morgan fingerprint density at radius 3 is 2.44 bits per heavy atom. The number of hydrogen-bond acceptors (Lipinski definition) is 5. The van der Waals surface area contributed by atoms with Gasteiger partial charge in [-0.1, -0.05) is 17.7 Å². The Morgan fingerprint density at radius 2 is 1.96 bits per heavy atom. The minimum atomic E-state index is -4.02. The summed E-state index contributed by atoms with van der Waals surface area (Å²) in [5.41, 5.74) is 1.94. The molecule has 0 unspecified atom stereocenters. The second kappa shape index (κ2) is 8.75. The molecule has 6 nitrogen and oxygen atoms in total. The van der Waals surface area contributed by atoms with E-state index in [1.165, 1.54) is 18.6 Å². The summed E-state index contributed by atoms with van der Waals surface area (Å²) in [6.07, 6.45) is 2.97. The highest BCUT2D eigenvalue weighted by Crippen LogP contribution is 2.20. The van der Waals surface area contributed by atoms with Crippen LogP contribution in [-0.2, 0) is 10.1 Å². The van der Waals surface area contributed by atoms with Crippen LogP contribution in [-0.4, -0.2) is 37.1 Å². The lowest BCUT2D eigenvalue weighted by atomic mass is 10.1. The third-order valence-electron chi connectivity index (χ3n) is 3.70. The summed E-state index contributed by atoms with van der Waals surface area (Å²) in [6, 6.07) is 8.47. The Bertz CT molecular complexity index is 806. The first kappa shape index (κ1) is 19.8. The van der Waals surface area contributed by atoms with Gasteiger partial charge in [-0.15, -0.1) is 0 Å². The zero-order chi connectivity index (χ0) is 18.4. The quantitative estimate of drug-likeness (QED) is 0.727. The SMILES string of the molecule is Cc1ccc(S(=O)(=O)O)cc1.Cc1ncc(OC[C@H]2CCN2)cc1Br. The summed E-state index contributed by atoms with van der Waals surface area (Å²) in [5, 5.41) is 3.28. The van der Waals surface area contributed by atoms with Gasteiger partial charge < -0.3 is 10.1 Å². The average Bonchev–Trinajstić information content (AvgIpc) is 2.49. The predicted molar refractivity (Wildman–Crippen MR) is 99.6 cm³/mol. The van der Waals surface area contributed by atoms with Crippen LogP contribution in [0.25, 0.3) is 0 Å². The van der Waals surface area contributed by atoms with Crippen molar-refractivity contribution < 1.29 is 17.7 Å². The maximum Gasteiger partial charge on any atom is 0.294 e. The van der Waals surface area contributed by atoms with Crippen molar-refractivity contribution in [2.75, 3.05) is 13.2 Å². The number of benzene rings is 1. The van der Waals surface area contributed by atoms with Gasteiger partial charge in [-0.3, -0.25) is 9.54 Å². The molecule has 0 radical (unpaired) electrons. The van der Waals surface area contributed by atoms with E-state index in [1.54, 1.807) is 18.3 Å². The molecule has 136 valence electrons. The molecular formula is C17H21BrN2O4S. The van der Waals surface area contributed by atoms with Crippen molar-refractivity contribution in [2.45, 2.75) is 31.2 Å². The summed E-state index contributed by atoms with van der Waals surface area (Å²) in [7, 11) is -4.02. The lowest BCUT2D eigenvalue weighted by molar-refractivity contribution is 0.217. The first-order valence-corrected chi connectivity index (χ1v) is 10.0. The van der Waals surface area contributed by atoms with Crippen LogP contribution in [0.1, 0.15) is 17.7 Å². The van der Waals surface area contributed by atoms with Crippen LogP contribution in [0.15, 0.2) is 45.9 Å². The summed E-state index contributed by atoms with van der Waals surface area (Å²) in [6.45, 7) is 5.65. The molecule has 1 aliphatic rings. The van der Waals surface area contributed by atoms with E-state index in [9.17, 15) is 8.42 Å². The highest BCUT2D eigenvalue weighted by molar-refractivity contribution is 9.10. The van der Waals surface area contributed by atoms with Crippen LogP contribution < -0.4 is 10.1 Å². The molecular weight excluding hydrogens is 408 g/mol. The minimum absolute atomic E-state index is 0.0666. The van der Waals surface area contributed by atoms with Crippen molar-refractivity contribution in [1.82, 2.24) is 10.3 Å². The van der Waals surface area contributed by atoms with Crippen LogP contribution in [0.5, 0.6) is 5.75 Å². The van der Waals surface area contributed by atoms with Crippen molar-refractivity contribution in [3.8, 4) is 5.75 Å². The van der Waals surface area contributed by atoms with Gasteiger partial charge in [0, 0.05) is 10.5 Å². The molecule has 2 heterocycles. The fourth-order valence-corrected chi connectivity index (χ4v) is 2.77. The van der Waals surface area contributed by atoms with Crippen molar-refractivity contribution in [3.05, 3.63) is 52.3 Å². The van der Waals surface area contributed by atoms with Crippen LogP contribution in [0.2, 0.25) is 0 Å². The second-order valence-corrected chi connectivity index (χ2v) is 8.05.